The smallest absolute Gasteiger partial charge is 0.160 e. The molecule has 1 aromatic carbocycles. The molecule has 12 heteroatoms. The second-order valence-electron chi connectivity index (χ2n) is 32.9. The quantitative estimate of drug-likeness (QED) is 0.102. The number of nitrogens with zero attached hydrogens (tertiary/aromatic N) is 1. The molecule has 0 unspecified atom stereocenters. The van der Waals surface area contributed by atoms with E-state index in [0.717, 1.165) is 121 Å². The summed E-state index contributed by atoms with van der Waals surface area (Å²) in [6, 6.07) is 4.95. The van der Waals surface area contributed by atoms with Gasteiger partial charge in [-0.15, -0.1) is 0 Å². The second-order valence-corrected chi connectivity index (χ2v) is 32.9. The molecule has 86 heavy (non-hydrogen) atoms. The van der Waals surface area contributed by atoms with E-state index in [4.69, 9.17) is 9.47 Å². The van der Waals surface area contributed by atoms with E-state index in [1.807, 2.05) is 13.8 Å². The molecule has 6 saturated carbocycles. The number of ether oxygens (including phenoxy) is 2. The van der Waals surface area contributed by atoms with Gasteiger partial charge in [0, 0.05) is 104 Å². The third-order valence-corrected chi connectivity index (χ3v) is 29.2. The number of aryl methyl sites for hydroxylation is 1. The summed E-state index contributed by atoms with van der Waals surface area (Å²) in [7, 11) is 2.08. The molecule has 6 N–H and O–H groups in total. The average molecular weight is 1170 g/mol. The number of aromatic amines is 2. The van der Waals surface area contributed by atoms with Gasteiger partial charge in [0.15, 0.2) is 5.78 Å². The monoisotopic (exact) mass is 1170 g/mol. The average Bonchev–Trinajstić information content (AvgIpc) is 1.14. The lowest BCUT2D eigenvalue weighted by Gasteiger charge is -2.76. The van der Waals surface area contributed by atoms with Crippen LogP contribution in [0.2, 0.25) is 0 Å². The van der Waals surface area contributed by atoms with Crippen LogP contribution in [0.4, 0.5) is 0 Å². The fraction of sp³-hybridized carbons (Fsp3) is 0.716. The molecule has 8 fully saturated rings. The molecule has 460 valence electrons. The minimum atomic E-state index is -1.02. The lowest BCUT2D eigenvalue weighted by Crippen LogP contribution is -2.75. The number of allylic oxidation sites excluding steroid dienone is 1. The highest BCUT2D eigenvalue weighted by Gasteiger charge is 2.81. The number of carbonyl (C=O) groups is 3. The van der Waals surface area contributed by atoms with Crippen LogP contribution in [0.15, 0.2) is 41.9 Å². The van der Waals surface area contributed by atoms with Gasteiger partial charge in [0.1, 0.15) is 17.7 Å². The number of rotatable bonds is 6. The summed E-state index contributed by atoms with van der Waals surface area (Å²) >= 11 is 0. The Morgan fingerprint density at radius 1 is 0.814 bits per heavy atom. The SMILES string of the molecule is CN[C@@H]1CCC[C@@]2(C1)C(=O)[C@@H]1c3cc[nH]c3[C@@H]3CC[C@]1(C3)[C@@]1(C)[C@H]3[C@H](O)[C@@H]4Cn5cc([C@H]6C(=O)CCc7c6cc6c(c7C7(O)CCOCC7)CC[C@@H]7CCCC[C@H]67)c6[nH]cc(c65)CC[C@@](C)(C[C@@H](O)[C@H]5OC5(C)C)C5=C4[C@](C)(CC5=O)[C@@]3(C)CC[C@@H]21. The summed E-state index contributed by atoms with van der Waals surface area (Å²) in [5.41, 5.74) is 9.84. The van der Waals surface area contributed by atoms with Crippen molar-refractivity contribution in [2.45, 2.75) is 255 Å². The van der Waals surface area contributed by atoms with Crippen LogP contribution >= 0.6 is 0 Å². The van der Waals surface area contributed by atoms with Crippen molar-refractivity contribution >= 4 is 28.4 Å². The van der Waals surface area contributed by atoms with Gasteiger partial charge in [-0.05, 0) is 225 Å². The maximum Gasteiger partial charge on any atom is 0.160 e. The normalized spacial score (nSPS) is 43.6. The number of Topliss-reactive ketones (excluding diaryl/α,β-unsaturated/α-hetero) is 3. The topological polar surface area (TPSA) is 182 Å². The van der Waals surface area contributed by atoms with E-state index in [0.29, 0.717) is 94.7 Å². The van der Waals surface area contributed by atoms with Gasteiger partial charge >= 0.3 is 0 Å². The third-order valence-electron chi connectivity index (χ3n) is 29.2. The number of H-pyrrole nitrogens is 2. The lowest BCUT2D eigenvalue weighted by molar-refractivity contribution is -0.271. The van der Waals surface area contributed by atoms with Crippen molar-refractivity contribution in [3.05, 3.63) is 92.1 Å². The van der Waals surface area contributed by atoms with E-state index in [-0.39, 0.29) is 46.9 Å². The van der Waals surface area contributed by atoms with Gasteiger partial charge in [0.2, 0.25) is 0 Å². The Morgan fingerprint density at radius 2 is 1.60 bits per heavy atom. The molecule has 0 amide bonds. The number of ketones is 3. The highest BCUT2D eigenvalue weighted by atomic mass is 16.6. The molecule has 13 aliphatic rings. The summed E-state index contributed by atoms with van der Waals surface area (Å²) < 4.78 is 14.6. The van der Waals surface area contributed by atoms with Gasteiger partial charge in [-0.2, -0.15) is 0 Å². The van der Waals surface area contributed by atoms with Crippen molar-refractivity contribution in [2.24, 2.45) is 56.2 Å². The first-order chi connectivity index (χ1) is 41.2. The maximum absolute atomic E-state index is 16.5. The van der Waals surface area contributed by atoms with E-state index in [9.17, 15) is 15.3 Å². The van der Waals surface area contributed by atoms with Gasteiger partial charge in [-0.25, -0.2) is 0 Å². The van der Waals surface area contributed by atoms with Crippen LogP contribution < -0.4 is 5.32 Å². The Hall–Kier alpha value is -4.17. The fourth-order valence-corrected chi connectivity index (χ4v) is 25.4. The van der Waals surface area contributed by atoms with Crippen molar-refractivity contribution in [1.82, 2.24) is 19.9 Å². The van der Waals surface area contributed by atoms with E-state index in [1.54, 1.807) is 0 Å². The third kappa shape index (κ3) is 7.02. The number of aliphatic hydroxyl groups excluding tert-OH is 2. The summed E-state index contributed by atoms with van der Waals surface area (Å²) in [5, 5.41) is 44.1. The number of carbonyl (C=O) groups excluding carboxylic acids is 3. The fourth-order valence-electron chi connectivity index (χ4n) is 25.4. The molecule has 10 aliphatic carbocycles. The molecular formula is C74H96N4O8. The molecule has 3 aromatic heterocycles. The summed E-state index contributed by atoms with van der Waals surface area (Å²) in [6.07, 6.45) is 24.0. The Kier molecular flexibility index (Phi) is 12.0. The van der Waals surface area contributed by atoms with E-state index in [2.05, 4.69) is 85.3 Å². The van der Waals surface area contributed by atoms with Gasteiger partial charge in [-0.1, -0.05) is 53.0 Å². The number of hydrogen-bond donors (Lipinski definition) is 6. The number of fused-ring (bicyclic) bond motifs is 13. The molecule has 2 bridgehead atoms. The van der Waals surface area contributed by atoms with Gasteiger partial charge in [0.05, 0.1) is 46.3 Å². The summed E-state index contributed by atoms with van der Waals surface area (Å²) in [4.78, 5) is 55.6. The van der Waals surface area contributed by atoms with E-state index >= 15 is 14.4 Å². The summed E-state index contributed by atoms with van der Waals surface area (Å²) in [6.45, 7) is 15.3. The van der Waals surface area contributed by atoms with Crippen molar-refractivity contribution in [1.29, 1.82) is 0 Å². The van der Waals surface area contributed by atoms with Crippen molar-refractivity contribution in [2.75, 3.05) is 20.3 Å². The van der Waals surface area contributed by atoms with E-state index in [1.165, 1.54) is 47.2 Å². The first kappa shape index (κ1) is 55.9. The first-order valence-electron chi connectivity index (χ1n) is 34.6. The minimum absolute atomic E-state index is 0.0617. The molecule has 12 nitrogen and oxygen atoms in total. The Morgan fingerprint density at radius 3 is 2.40 bits per heavy atom. The van der Waals surface area contributed by atoms with Crippen LogP contribution in [-0.2, 0) is 55.3 Å². The van der Waals surface area contributed by atoms with Crippen LogP contribution in [-0.4, -0.2) is 97.4 Å². The highest BCUT2D eigenvalue weighted by Crippen LogP contribution is 2.84. The Balaban J connectivity index is 0.874. The molecular weight excluding hydrogens is 1070 g/mol. The van der Waals surface area contributed by atoms with Gasteiger partial charge in [-0.3, -0.25) is 14.4 Å². The first-order valence-corrected chi connectivity index (χ1v) is 34.6. The van der Waals surface area contributed by atoms with Crippen LogP contribution in [0.5, 0.6) is 0 Å². The number of epoxide rings is 1. The number of benzene rings is 1. The zero-order valence-corrected chi connectivity index (χ0v) is 52.5. The van der Waals surface area contributed by atoms with Gasteiger partial charge in [0.25, 0.3) is 0 Å². The predicted molar refractivity (Wildman–Crippen MR) is 329 cm³/mol. The molecule has 18 atom stereocenters. The highest BCUT2D eigenvalue weighted by molar-refractivity contribution is 6.02. The lowest BCUT2D eigenvalue weighted by atomic mass is 9.27. The molecule has 6 heterocycles. The molecule has 3 aliphatic heterocycles. The Labute approximate surface area is 508 Å². The van der Waals surface area contributed by atoms with Crippen molar-refractivity contribution in [3.8, 4) is 0 Å². The standard InChI is InChI=1S/C74H96N4O8/c1-67(2)66(86-67)53(81)34-68(3)23-18-41-36-77-61-49(55-48-31-47-43-13-9-8-11-39(43)14-15-44(47)56(45(48)16-17-51(55)79)74(84)26-29-85-30-27-74)37-78(62(41)61)38-50-57-59(68)52(80)35-70(57,5)69(4)24-20-54-71(6,64(69)63(50)82)73-25-19-40(32-73)60-46(21-28-76-60)58(73)65(83)72(54)22-10-12-42(33-72)75-7/h21,28,31,36-37,39-40,42-43,50,53-55,58,63-64,66,75-77,81-82,84H,8-20,22-27,29-30,32-35,38H2,1-7H3/t39-,40+,42+,43-,50+,53+,54+,55-,58-,63+,64-,66+,68-,69-,70-,71+,72-,73+/m0/s1. The summed E-state index contributed by atoms with van der Waals surface area (Å²) in [5.74, 6) is 0.713. The van der Waals surface area contributed by atoms with Crippen LogP contribution in [0.1, 0.15) is 244 Å². The molecule has 2 saturated heterocycles. The van der Waals surface area contributed by atoms with Crippen LogP contribution in [0.25, 0.3) is 11.0 Å². The number of aliphatic hydroxyl groups is 3. The molecule has 0 radical (unpaired) electrons. The number of hydrogen-bond acceptors (Lipinski definition) is 9. The van der Waals surface area contributed by atoms with Crippen molar-refractivity contribution in [3.63, 3.8) is 0 Å². The maximum atomic E-state index is 16.5. The van der Waals surface area contributed by atoms with Crippen LogP contribution in [0, 0.1) is 56.2 Å². The molecule has 17 rings (SSSR count). The van der Waals surface area contributed by atoms with Crippen LogP contribution in [0.3, 0.4) is 0 Å². The zero-order valence-electron chi connectivity index (χ0n) is 52.5. The predicted octanol–water partition coefficient (Wildman–Crippen LogP) is 12.1. The largest absolute Gasteiger partial charge is 0.392 e. The minimum Gasteiger partial charge on any atom is -0.392 e. The number of nitrogens with one attached hydrogen (secondary N) is 3. The molecule has 2 spiro atoms. The second kappa shape index (κ2) is 18.5. The van der Waals surface area contributed by atoms with Crippen molar-refractivity contribution < 1.29 is 39.2 Å². The zero-order chi connectivity index (χ0) is 59.2. The van der Waals surface area contributed by atoms with Gasteiger partial charge < -0.3 is 44.6 Å². The molecule has 4 aromatic rings. The number of aromatic nitrogens is 3. The van der Waals surface area contributed by atoms with E-state index < -0.39 is 62.3 Å². The Bertz CT molecular complexity index is 3590.